The number of carbonyl (C=O) groups is 2. The fraction of sp³-hybridized carbons (Fsp3) is 0.174. The van der Waals surface area contributed by atoms with Crippen molar-refractivity contribution in [1.82, 2.24) is 14.5 Å². The molecule has 3 aromatic heterocycles. The molecule has 0 radical (unpaired) electrons. The van der Waals surface area contributed by atoms with Gasteiger partial charge in [-0.2, -0.15) is 13.2 Å². The summed E-state index contributed by atoms with van der Waals surface area (Å²) < 4.78 is 41.1. The van der Waals surface area contributed by atoms with Crippen LogP contribution < -0.4 is 10.7 Å². The normalized spacial score (nSPS) is 11.6. The monoisotopic (exact) mass is 502 g/mol. The summed E-state index contributed by atoms with van der Waals surface area (Å²) in [6.07, 6.45) is -2.00. The molecule has 0 saturated heterocycles. The molecule has 0 saturated carbocycles. The summed E-state index contributed by atoms with van der Waals surface area (Å²) in [5.41, 5.74) is -0.606. The molecule has 0 atom stereocenters. The van der Waals surface area contributed by atoms with E-state index in [1.807, 2.05) is 0 Å². The highest BCUT2D eigenvalue weighted by molar-refractivity contribution is 7.13. The summed E-state index contributed by atoms with van der Waals surface area (Å²) in [5.74, 6) is -1.67. The fourth-order valence-electron chi connectivity index (χ4n) is 3.62. The molecule has 180 valence electrons. The van der Waals surface area contributed by atoms with Crippen LogP contribution in [0, 0.1) is 0 Å². The van der Waals surface area contributed by atoms with Crippen molar-refractivity contribution >= 4 is 39.9 Å². The van der Waals surface area contributed by atoms with E-state index in [4.69, 9.17) is 0 Å². The number of aromatic carboxylic acids is 1. The zero-order chi connectivity index (χ0) is 25.5. The number of halogens is 3. The average molecular weight is 502 g/mol. The van der Waals surface area contributed by atoms with Crippen LogP contribution >= 0.6 is 11.3 Å². The van der Waals surface area contributed by atoms with Gasteiger partial charge in [0.05, 0.1) is 5.52 Å². The fourth-order valence-corrected chi connectivity index (χ4v) is 4.47. The Morgan fingerprint density at radius 3 is 2.54 bits per heavy atom. The number of aromatic nitrogens is 3. The summed E-state index contributed by atoms with van der Waals surface area (Å²) in [6.45, 7) is 3.48. The molecule has 0 aliphatic heterocycles. The average Bonchev–Trinajstić information content (AvgIpc) is 3.29. The number of carboxylic acids is 1. The third kappa shape index (κ3) is 4.64. The lowest BCUT2D eigenvalue weighted by atomic mass is 9.99. The number of benzene rings is 1. The second-order valence-electron chi connectivity index (χ2n) is 7.53. The van der Waals surface area contributed by atoms with Crippen LogP contribution in [0.25, 0.3) is 32.6 Å². The van der Waals surface area contributed by atoms with Gasteiger partial charge in [0.25, 0.3) is 0 Å². The van der Waals surface area contributed by atoms with E-state index in [1.165, 1.54) is 31.5 Å². The quantitative estimate of drug-likeness (QED) is 0.402. The summed E-state index contributed by atoms with van der Waals surface area (Å²) >= 11 is 0.770. The molecule has 3 heterocycles. The molecule has 12 heteroatoms. The van der Waals surface area contributed by atoms with Crippen LogP contribution in [0.15, 0.2) is 46.8 Å². The molecule has 0 aliphatic carbocycles. The number of thiazole rings is 1. The molecule has 0 bridgehead atoms. The first-order valence-corrected chi connectivity index (χ1v) is 11.1. The Labute approximate surface area is 199 Å². The SMILES string of the molecule is CCn1cc(C(=O)O)c(=O)c2cc(-c3cnc(NC(C)=O)cc3-c3nc(C(F)(F)F)cs3)ccc21. The van der Waals surface area contributed by atoms with Gasteiger partial charge in [-0.25, -0.2) is 14.8 Å². The topological polar surface area (TPSA) is 114 Å². The van der Waals surface area contributed by atoms with E-state index in [0.29, 0.717) is 23.2 Å². The highest BCUT2D eigenvalue weighted by Gasteiger charge is 2.34. The van der Waals surface area contributed by atoms with Crippen molar-refractivity contribution in [3.05, 3.63) is 63.5 Å². The number of amides is 1. The Morgan fingerprint density at radius 2 is 1.94 bits per heavy atom. The molecule has 0 spiro atoms. The highest BCUT2D eigenvalue weighted by atomic mass is 32.1. The number of alkyl halides is 3. The number of hydrogen-bond donors (Lipinski definition) is 2. The number of aryl methyl sites for hydroxylation is 1. The first-order valence-electron chi connectivity index (χ1n) is 10.2. The zero-order valence-electron chi connectivity index (χ0n) is 18.3. The predicted molar refractivity (Wildman–Crippen MR) is 124 cm³/mol. The van der Waals surface area contributed by atoms with Crippen molar-refractivity contribution in [1.29, 1.82) is 0 Å². The molecular formula is C23H17F3N4O4S. The molecular weight excluding hydrogens is 485 g/mol. The van der Waals surface area contributed by atoms with Crippen molar-refractivity contribution in [2.45, 2.75) is 26.6 Å². The smallest absolute Gasteiger partial charge is 0.434 e. The minimum atomic E-state index is -4.64. The number of rotatable bonds is 5. The number of nitrogens with zero attached hydrogens (tertiary/aromatic N) is 3. The van der Waals surface area contributed by atoms with Crippen LogP contribution in [-0.2, 0) is 17.5 Å². The second-order valence-corrected chi connectivity index (χ2v) is 8.39. The predicted octanol–water partition coefficient (Wildman–Crippen LogP) is 4.88. The van der Waals surface area contributed by atoms with Gasteiger partial charge in [0, 0.05) is 47.8 Å². The van der Waals surface area contributed by atoms with E-state index >= 15 is 0 Å². The molecule has 35 heavy (non-hydrogen) atoms. The molecule has 1 aromatic carbocycles. The van der Waals surface area contributed by atoms with Crippen molar-refractivity contribution in [2.75, 3.05) is 5.32 Å². The first-order chi connectivity index (χ1) is 16.5. The molecule has 4 aromatic rings. The second kappa shape index (κ2) is 8.95. The summed E-state index contributed by atoms with van der Waals surface area (Å²) in [4.78, 5) is 43.8. The first kappa shape index (κ1) is 24.1. The lowest BCUT2D eigenvalue weighted by molar-refractivity contribution is -0.140. The summed E-state index contributed by atoms with van der Waals surface area (Å²) in [5, 5.41) is 13.0. The van der Waals surface area contributed by atoms with E-state index in [1.54, 1.807) is 23.6 Å². The molecule has 2 N–H and O–H groups in total. The maximum absolute atomic E-state index is 13.2. The molecule has 0 aliphatic rings. The third-order valence-electron chi connectivity index (χ3n) is 5.20. The Balaban J connectivity index is 1.96. The number of carboxylic acid groups (broad SMARTS) is 1. The van der Waals surface area contributed by atoms with Crippen LogP contribution in [0.1, 0.15) is 29.9 Å². The summed E-state index contributed by atoms with van der Waals surface area (Å²) in [7, 11) is 0. The van der Waals surface area contributed by atoms with Crippen LogP contribution in [-0.4, -0.2) is 31.5 Å². The van der Waals surface area contributed by atoms with Crippen molar-refractivity contribution < 1.29 is 27.9 Å². The lowest BCUT2D eigenvalue weighted by Gasteiger charge is -2.13. The third-order valence-corrected chi connectivity index (χ3v) is 6.07. The van der Waals surface area contributed by atoms with E-state index in [2.05, 4.69) is 15.3 Å². The van der Waals surface area contributed by atoms with Crippen LogP contribution in [0.2, 0.25) is 0 Å². The van der Waals surface area contributed by atoms with E-state index in [9.17, 15) is 32.7 Å². The van der Waals surface area contributed by atoms with Gasteiger partial charge in [-0.1, -0.05) is 6.07 Å². The van der Waals surface area contributed by atoms with Gasteiger partial charge in [0.1, 0.15) is 16.4 Å². The van der Waals surface area contributed by atoms with Gasteiger partial charge in [-0.15, -0.1) is 11.3 Å². The molecule has 8 nitrogen and oxygen atoms in total. The Bertz CT molecular complexity index is 1540. The number of fused-ring (bicyclic) bond motifs is 1. The van der Waals surface area contributed by atoms with Crippen LogP contribution in [0.3, 0.4) is 0 Å². The van der Waals surface area contributed by atoms with Gasteiger partial charge in [-0.05, 0) is 30.7 Å². The van der Waals surface area contributed by atoms with Gasteiger partial charge in [-0.3, -0.25) is 9.59 Å². The Morgan fingerprint density at radius 1 is 1.20 bits per heavy atom. The largest absolute Gasteiger partial charge is 0.477 e. The van der Waals surface area contributed by atoms with Crippen molar-refractivity contribution in [2.24, 2.45) is 0 Å². The standard InChI is InChI=1S/C23H17F3N4O4S/c1-3-30-9-16(22(33)34)20(32)14-6-12(4-5-17(14)30)15-8-27-19(28-11(2)31)7-13(15)21-29-18(10-35-21)23(24,25)26/h4-10H,3H2,1-2H3,(H,33,34)(H,27,28,31). The van der Waals surface area contributed by atoms with Crippen molar-refractivity contribution in [3.63, 3.8) is 0 Å². The molecule has 1 amide bonds. The molecule has 4 rings (SSSR count). The number of carbonyl (C=O) groups excluding carboxylic acids is 1. The number of hydrogen-bond acceptors (Lipinski definition) is 6. The Kier molecular flexibility index (Phi) is 6.15. The minimum absolute atomic E-state index is 0.0340. The molecule has 0 fully saturated rings. The van der Waals surface area contributed by atoms with Crippen LogP contribution in [0.4, 0.5) is 19.0 Å². The van der Waals surface area contributed by atoms with E-state index in [0.717, 1.165) is 16.7 Å². The van der Waals surface area contributed by atoms with Crippen molar-refractivity contribution in [3.8, 4) is 21.7 Å². The van der Waals surface area contributed by atoms with Crippen LogP contribution in [0.5, 0.6) is 0 Å². The Hall–Kier alpha value is -4.06. The minimum Gasteiger partial charge on any atom is -0.477 e. The number of pyridine rings is 2. The highest BCUT2D eigenvalue weighted by Crippen LogP contribution is 2.38. The maximum atomic E-state index is 13.2. The van der Waals surface area contributed by atoms with Gasteiger partial charge in [0.2, 0.25) is 11.3 Å². The lowest BCUT2D eigenvalue weighted by Crippen LogP contribution is -2.18. The zero-order valence-corrected chi connectivity index (χ0v) is 19.1. The number of nitrogens with one attached hydrogen (secondary N) is 1. The van der Waals surface area contributed by atoms with E-state index < -0.39 is 34.7 Å². The van der Waals surface area contributed by atoms with E-state index in [-0.39, 0.29) is 21.8 Å². The summed E-state index contributed by atoms with van der Waals surface area (Å²) in [6, 6.07) is 6.17. The molecule has 0 unspecified atom stereocenters. The maximum Gasteiger partial charge on any atom is 0.434 e. The van der Waals surface area contributed by atoms with Gasteiger partial charge >= 0.3 is 12.1 Å². The van der Waals surface area contributed by atoms with Gasteiger partial charge in [0.15, 0.2) is 5.69 Å². The number of anilines is 1. The van der Waals surface area contributed by atoms with Gasteiger partial charge < -0.3 is 15.0 Å².